The standard InChI is InChI=1S/C19H27F3N2O2/c1-14(5-7-17(2,3)16(25)26)13-15(19(20,21)22)24-12-4-6-18(24)8-10-23-11-9-18/h15,23H,1,4,6,8-13H2,2-3H3,(H,25,26). The van der Waals surface area contributed by atoms with E-state index in [0.29, 0.717) is 19.4 Å². The third kappa shape index (κ3) is 4.60. The maximum atomic E-state index is 13.8. The highest BCUT2D eigenvalue weighted by Crippen LogP contribution is 2.43. The van der Waals surface area contributed by atoms with Crippen molar-refractivity contribution < 1.29 is 23.1 Å². The second-order valence-electron chi connectivity index (χ2n) is 7.82. The van der Waals surface area contributed by atoms with E-state index in [9.17, 15) is 18.0 Å². The Morgan fingerprint density at radius 3 is 2.46 bits per heavy atom. The first-order chi connectivity index (χ1) is 12.0. The summed E-state index contributed by atoms with van der Waals surface area (Å²) in [5.41, 5.74) is -1.60. The van der Waals surface area contributed by atoms with Crippen LogP contribution in [-0.2, 0) is 4.79 Å². The Morgan fingerprint density at radius 1 is 1.31 bits per heavy atom. The normalized spacial score (nSPS) is 21.9. The van der Waals surface area contributed by atoms with Crippen LogP contribution in [0.15, 0.2) is 12.2 Å². The molecule has 0 aliphatic carbocycles. The number of likely N-dealkylation sites (tertiary alicyclic amines) is 1. The summed E-state index contributed by atoms with van der Waals surface area (Å²) in [6.07, 6.45) is -1.73. The van der Waals surface area contributed by atoms with Gasteiger partial charge < -0.3 is 10.4 Å². The summed E-state index contributed by atoms with van der Waals surface area (Å²) in [6, 6.07) is -1.63. The van der Waals surface area contributed by atoms with E-state index >= 15 is 0 Å². The molecule has 0 aromatic rings. The molecule has 0 saturated carbocycles. The van der Waals surface area contributed by atoms with Crippen LogP contribution in [0.3, 0.4) is 0 Å². The molecule has 0 bridgehead atoms. The molecule has 2 heterocycles. The maximum absolute atomic E-state index is 13.8. The Hall–Kier alpha value is -1.52. The minimum absolute atomic E-state index is 0.123. The molecule has 1 atom stereocenters. The van der Waals surface area contributed by atoms with E-state index in [4.69, 9.17) is 5.11 Å². The lowest BCUT2D eigenvalue weighted by molar-refractivity contribution is -0.195. The topological polar surface area (TPSA) is 52.6 Å². The quantitative estimate of drug-likeness (QED) is 0.744. The molecule has 1 unspecified atom stereocenters. The fourth-order valence-electron chi connectivity index (χ4n) is 3.86. The van der Waals surface area contributed by atoms with E-state index in [2.05, 4.69) is 23.7 Å². The molecule has 2 aliphatic heterocycles. The molecule has 7 heteroatoms. The van der Waals surface area contributed by atoms with Crippen LogP contribution in [0.4, 0.5) is 13.2 Å². The second kappa shape index (κ2) is 7.61. The van der Waals surface area contributed by atoms with Crippen molar-refractivity contribution in [3.8, 4) is 11.8 Å². The summed E-state index contributed by atoms with van der Waals surface area (Å²) in [7, 11) is 0. The number of halogens is 3. The molecule has 26 heavy (non-hydrogen) atoms. The van der Waals surface area contributed by atoms with E-state index < -0.39 is 29.1 Å². The number of carboxylic acids is 1. The third-order valence-electron chi connectivity index (χ3n) is 5.46. The Labute approximate surface area is 152 Å². The summed E-state index contributed by atoms with van der Waals surface area (Å²) in [4.78, 5) is 12.7. The lowest BCUT2D eigenvalue weighted by Crippen LogP contribution is -2.58. The van der Waals surface area contributed by atoms with E-state index in [1.165, 1.54) is 13.8 Å². The highest BCUT2D eigenvalue weighted by atomic mass is 19.4. The third-order valence-corrected chi connectivity index (χ3v) is 5.46. The molecule has 2 fully saturated rings. The number of alkyl halides is 3. The van der Waals surface area contributed by atoms with Crippen LogP contribution in [0, 0.1) is 17.3 Å². The number of rotatable bonds is 4. The number of aliphatic carboxylic acids is 1. The van der Waals surface area contributed by atoms with E-state index in [0.717, 1.165) is 25.9 Å². The van der Waals surface area contributed by atoms with Gasteiger partial charge in [-0.3, -0.25) is 9.69 Å². The Kier molecular flexibility index (Phi) is 6.09. The van der Waals surface area contributed by atoms with Gasteiger partial charge in [-0.2, -0.15) is 13.2 Å². The van der Waals surface area contributed by atoms with Crippen LogP contribution in [0.25, 0.3) is 0 Å². The molecule has 146 valence electrons. The summed E-state index contributed by atoms with van der Waals surface area (Å²) in [6.45, 7) is 8.39. The smallest absolute Gasteiger partial charge is 0.404 e. The summed E-state index contributed by atoms with van der Waals surface area (Å²) >= 11 is 0. The molecule has 2 N–H and O–H groups in total. The maximum Gasteiger partial charge on any atom is 0.404 e. The average molecular weight is 372 g/mol. The van der Waals surface area contributed by atoms with Crippen molar-refractivity contribution in [1.82, 2.24) is 10.2 Å². The molecule has 0 radical (unpaired) electrons. The van der Waals surface area contributed by atoms with Crippen molar-refractivity contribution in [2.75, 3.05) is 19.6 Å². The average Bonchev–Trinajstić information content (AvgIpc) is 2.92. The SMILES string of the molecule is C=C(C#CC(C)(C)C(=O)O)CC(N1CCCC12CCNCC2)C(F)(F)F. The van der Waals surface area contributed by atoms with Gasteiger partial charge >= 0.3 is 12.1 Å². The Bertz CT molecular complexity index is 610. The largest absolute Gasteiger partial charge is 0.480 e. The van der Waals surface area contributed by atoms with Crippen LogP contribution in [0.5, 0.6) is 0 Å². The minimum atomic E-state index is -4.38. The van der Waals surface area contributed by atoms with Crippen molar-refractivity contribution in [2.24, 2.45) is 5.41 Å². The molecule has 2 saturated heterocycles. The highest BCUT2D eigenvalue weighted by molar-refractivity contribution is 5.77. The van der Waals surface area contributed by atoms with Crippen LogP contribution in [0.2, 0.25) is 0 Å². The number of carboxylic acid groups (broad SMARTS) is 1. The van der Waals surface area contributed by atoms with Gasteiger partial charge in [-0.25, -0.2) is 0 Å². The molecule has 1 spiro atoms. The van der Waals surface area contributed by atoms with Crippen molar-refractivity contribution in [3.63, 3.8) is 0 Å². The number of hydrogen-bond acceptors (Lipinski definition) is 3. The zero-order valence-corrected chi connectivity index (χ0v) is 15.4. The Balaban J connectivity index is 2.20. The first-order valence-electron chi connectivity index (χ1n) is 8.96. The first-order valence-corrected chi connectivity index (χ1v) is 8.96. The summed E-state index contributed by atoms with van der Waals surface area (Å²) < 4.78 is 41.5. The van der Waals surface area contributed by atoms with Gasteiger partial charge in [0.05, 0.1) is 0 Å². The fraction of sp³-hybridized carbons (Fsp3) is 0.737. The first kappa shape index (κ1) is 20.8. The molecule has 2 aliphatic rings. The molecule has 0 amide bonds. The highest BCUT2D eigenvalue weighted by Gasteiger charge is 2.52. The monoisotopic (exact) mass is 372 g/mol. The van der Waals surface area contributed by atoms with Crippen LogP contribution >= 0.6 is 0 Å². The van der Waals surface area contributed by atoms with Gasteiger partial charge in [0, 0.05) is 12.0 Å². The number of nitrogens with zero attached hydrogens (tertiary/aromatic N) is 1. The van der Waals surface area contributed by atoms with Gasteiger partial charge in [-0.15, -0.1) is 0 Å². The van der Waals surface area contributed by atoms with Gasteiger partial charge in [0.15, 0.2) is 0 Å². The molecule has 0 aromatic heterocycles. The Morgan fingerprint density at radius 2 is 1.92 bits per heavy atom. The zero-order chi connectivity index (χ0) is 19.6. The molecule has 2 rings (SSSR count). The van der Waals surface area contributed by atoms with Gasteiger partial charge in [-0.1, -0.05) is 18.4 Å². The lowest BCUT2D eigenvalue weighted by Gasteiger charge is -2.46. The minimum Gasteiger partial charge on any atom is -0.480 e. The van der Waals surface area contributed by atoms with E-state index in [-0.39, 0.29) is 12.0 Å². The van der Waals surface area contributed by atoms with E-state index in [1.807, 2.05) is 0 Å². The number of carbonyl (C=O) groups is 1. The number of piperidine rings is 1. The van der Waals surface area contributed by atoms with E-state index in [1.54, 1.807) is 4.90 Å². The van der Waals surface area contributed by atoms with Crippen molar-refractivity contribution >= 4 is 5.97 Å². The van der Waals surface area contributed by atoms with Gasteiger partial charge in [0.1, 0.15) is 11.5 Å². The molecular weight excluding hydrogens is 345 g/mol. The summed E-state index contributed by atoms with van der Waals surface area (Å²) in [5.74, 6) is 3.98. The molecule has 0 aromatic carbocycles. The van der Waals surface area contributed by atoms with Crippen molar-refractivity contribution in [1.29, 1.82) is 0 Å². The fourth-order valence-corrected chi connectivity index (χ4v) is 3.86. The second-order valence-corrected chi connectivity index (χ2v) is 7.82. The van der Waals surface area contributed by atoms with Gasteiger partial charge in [-0.05, 0) is 64.7 Å². The van der Waals surface area contributed by atoms with Gasteiger partial charge in [0.2, 0.25) is 0 Å². The van der Waals surface area contributed by atoms with Crippen molar-refractivity contribution in [3.05, 3.63) is 12.2 Å². The predicted octanol–water partition coefficient (Wildman–Crippen LogP) is 3.20. The number of nitrogens with one attached hydrogen (secondary N) is 1. The summed E-state index contributed by atoms with van der Waals surface area (Å²) in [5, 5.41) is 12.3. The predicted molar refractivity (Wildman–Crippen MR) is 93.6 cm³/mol. The van der Waals surface area contributed by atoms with Gasteiger partial charge in [0.25, 0.3) is 0 Å². The zero-order valence-electron chi connectivity index (χ0n) is 15.4. The lowest BCUT2D eigenvalue weighted by atomic mass is 9.84. The molecular formula is C19H27F3N2O2. The van der Waals surface area contributed by atoms with Crippen molar-refractivity contribution in [2.45, 2.75) is 63.7 Å². The van der Waals surface area contributed by atoms with Crippen LogP contribution in [0.1, 0.15) is 46.0 Å². The van der Waals surface area contributed by atoms with Crippen LogP contribution in [-0.4, -0.2) is 53.4 Å². The number of hydrogen-bond donors (Lipinski definition) is 2. The van der Waals surface area contributed by atoms with Crippen LogP contribution < -0.4 is 5.32 Å². The molecule has 4 nitrogen and oxygen atoms in total.